The van der Waals surface area contributed by atoms with Crippen molar-refractivity contribution in [2.45, 2.75) is 97.4 Å². The highest BCUT2D eigenvalue weighted by atomic mass is 31.2. The van der Waals surface area contributed by atoms with Gasteiger partial charge in [0.25, 0.3) is 0 Å². The SMILES string of the molecule is CCOC1O[C@H](CC(P(=O)(OCC)OCC)P(=O)(OCC)OCC)[C@H](O)[C@H]1NC(=O)OC(C)(C)C. The maximum Gasteiger partial charge on any atom is 0.408 e. The molecule has 4 atom stereocenters. The fourth-order valence-electron chi connectivity index (χ4n) is 3.61. The van der Waals surface area contributed by atoms with E-state index in [1.54, 1.807) is 55.4 Å². The zero-order chi connectivity index (χ0) is 26.9. The van der Waals surface area contributed by atoms with Gasteiger partial charge in [0, 0.05) is 13.0 Å². The number of amides is 1. The summed E-state index contributed by atoms with van der Waals surface area (Å²) in [5, 5.41) is 12.3. The first-order valence-electron chi connectivity index (χ1n) is 12.0. The van der Waals surface area contributed by atoms with Gasteiger partial charge in [-0.05, 0) is 55.4 Å². The van der Waals surface area contributed by atoms with Crippen molar-refractivity contribution in [1.82, 2.24) is 5.32 Å². The molecule has 1 rings (SSSR count). The number of aliphatic hydroxyl groups is 1. The minimum Gasteiger partial charge on any atom is -0.444 e. The van der Waals surface area contributed by atoms with E-state index in [2.05, 4.69) is 5.32 Å². The second-order valence-electron chi connectivity index (χ2n) is 8.63. The van der Waals surface area contributed by atoms with Crippen LogP contribution >= 0.6 is 15.2 Å². The summed E-state index contributed by atoms with van der Waals surface area (Å²) in [5.41, 5.74) is -0.761. The average Bonchev–Trinajstić information content (AvgIpc) is 3.00. The molecule has 1 fully saturated rings. The Morgan fingerprint density at radius 3 is 1.74 bits per heavy atom. The summed E-state index contributed by atoms with van der Waals surface area (Å²) in [7, 11) is -8.11. The zero-order valence-corrected chi connectivity index (χ0v) is 23.8. The first-order chi connectivity index (χ1) is 16.3. The molecular formula is C21H43NO11P2. The smallest absolute Gasteiger partial charge is 0.408 e. The van der Waals surface area contributed by atoms with Gasteiger partial charge in [-0.1, -0.05) is 0 Å². The zero-order valence-electron chi connectivity index (χ0n) is 22.1. The van der Waals surface area contributed by atoms with Gasteiger partial charge in [0.15, 0.2) is 11.7 Å². The third-order valence-corrected chi connectivity index (χ3v) is 10.8. The Labute approximate surface area is 208 Å². The summed E-state index contributed by atoms with van der Waals surface area (Å²) < 4.78 is 66.2. The van der Waals surface area contributed by atoms with Crippen molar-refractivity contribution >= 4 is 21.3 Å². The molecule has 12 nitrogen and oxygen atoms in total. The van der Waals surface area contributed by atoms with Gasteiger partial charge in [0.1, 0.15) is 17.7 Å². The summed E-state index contributed by atoms with van der Waals surface area (Å²) >= 11 is 0. The second-order valence-corrected chi connectivity index (χ2v) is 13.5. The van der Waals surface area contributed by atoms with E-state index in [1.165, 1.54) is 0 Å². The van der Waals surface area contributed by atoms with E-state index in [1.807, 2.05) is 0 Å². The Balaban J connectivity index is 3.33. The van der Waals surface area contributed by atoms with Crippen molar-refractivity contribution in [2.24, 2.45) is 0 Å². The number of nitrogens with one attached hydrogen (secondary N) is 1. The number of rotatable bonds is 15. The first-order valence-corrected chi connectivity index (χ1v) is 15.2. The molecule has 208 valence electrons. The second kappa shape index (κ2) is 14.4. The molecule has 0 aromatic heterocycles. The van der Waals surface area contributed by atoms with Gasteiger partial charge in [-0.2, -0.15) is 0 Å². The van der Waals surface area contributed by atoms with E-state index in [9.17, 15) is 19.0 Å². The molecular weight excluding hydrogens is 504 g/mol. The maximum atomic E-state index is 13.8. The summed E-state index contributed by atoms with van der Waals surface area (Å²) in [4.78, 5) is 12.4. The molecule has 35 heavy (non-hydrogen) atoms. The largest absolute Gasteiger partial charge is 0.444 e. The van der Waals surface area contributed by atoms with Crippen LogP contribution in [0.2, 0.25) is 0 Å². The fraction of sp³-hybridized carbons (Fsp3) is 0.952. The predicted octanol–water partition coefficient (Wildman–Crippen LogP) is 4.25. The number of carbonyl (C=O) groups is 1. The van der Waals surface area contributed by atoms with E-state index >= 15 is 0 Å². The van der Waals surface area contributed by atoms with Crippen LogP contribution in [-0.4, -0.2) is 79.8 Å². The first kappa shape index (κ1) is 32.5. The Kier molecular flexibility index (Phi) is 13.4. The number of hydrogen-bond donors (Lipinski definition) is 2. The molecule has 0 spiro atoms. The lowest BCUT2D eigenvalue weighted by Gasteiger charge is -2.33. The lowest BCUT2D eigenvalue weighted by atomic mass is 10.1. The van der Waals surface area contributed by atoms with Crippen molar-refractivity contribution in [3.05, 3.63) is 0 Å². The van der Waals surface area contributed by atoms with Gasteiger partial charge in [0.05, 0.1) is 32.5 Å². The van der Waals surface area contributed by atoms with Crippen LogP contribution in [0.1, 0.15) is 61.8 Å². The van der Waals surface area contributed by atoms with Crippen molar-refractivity contribution in [3.63, 3.8) is 0 Å². The van der Waals surface area contributed by atoms with Crippen molar-refractivity contribution in [2.75, 3.05) is 33.0 Å². The normalized spacial score (nSPS) is 23.6. The molecule has 0 saturated carbocycles. The van der Waals surface area contributed by atoms with Crippen LogP contribution in [-0.2, 0) is 41.4 Å². The van der Waals surface area contributed by atoms with Gasteiger partial charge < -0.3 is 42.7 Å². The highest BCUT2D eigenvalue weighted by Gasteiger charge is 2.55. The summed E-state index contributed by atoms with van der Waals surface area (Å²) in [6.07, 6.45) is -4.47. The lowest BCUT2D eigenvalue weighted by molar-refractivity contribution is -0.140. The van der Waals surface area contributed by atoms with E-state index in [-0.39, 0.29) is 39.5 Å². The molecule has 0 aromatic rings. The predicted molar refractivity (Wildman–Crippen MR) is 130 cm³/mol. The van der Waals surface area contributed by atoms with Crippen LogP contribution in [0.4, 0.5) is 4.79 Å². The highest BCUT2D eigenvalue weighted by Crippen LogP contribution is 2.72. The number of alkyl carbamates (subject to hydrolysis) is 1. The Morgan fingerprint density at radius 2 is 1.37 bits per heavy atom. The number of hydrogen-bond acceptors (Lipinski definition) is 11. The molecule has 1 aliphatic heterocycles. The number of carbonyl (C=O) groups excluding carboxylic acids is 1. The molecule has 1 amide bonds. The lowest BCUT2D eigenvalue weighted by Crippen LogP contribution is -2.50. The standard InChI is InChI=1S/C21H43NO11P2/c1-9-27-19-17(22-20(24)33-21(6,7)8)18(23)15(32-19)14-16(34(25,28-10-2)29-11-3)35(26,30-12-4)31-13-5/h15-19,23H,9-14H2,1-8H3,(H,22,24)/t15-,17-,18+,19?/m1/s1. The minimum absolute atomic E-state index is 0.0184. The van der Waals surface area contributed by atoms with Crippen LogP contribution < -0.4 is 5.32 Å². The number of ether oxygens (including phenoxy) is 3. The van der Waals surface area contributed by atoms with Crippen LogP contribution in [0, 0.1) is 0 Å². The van der Waals surface area contributed by atoms with Gasteiger partial charge in [-0.15, -0.1) is 0 Å². The van der Waals surface area contributed by atoms with Gasteiger partial charge in [0.2, 0.25) is 0 Å². The van der Waals surface area contributed by atoms with Crippen LogP contribution in [0.3, 0.4) is 0 Å². The molecule has 1 saturated heterocycles. The Hall–Kier alpha value is -0.550. The minimum atomic E-state index is -4.06. The Morgan fingerprint density at radius 1 is 0.914 bits per heavy atom. The van der Waals surface area contributed by atoms with E-state index < -0.39 is 56.8 Å². The van der Waals surface area contributed by atoms with Crippen LogP contribution in [0.25, 0.3) is 0 Å². The van der Waals surface area contributed by atoms with E-state index in [0.29, 0.717) is 0 Å². The molecule has 0 radical (unpaired) electrons. The molecule has 0 aromatic carbocycles. The van der Waals surface area contributed by atoms with Crippen LogP contribution in [0.5, 0.6) is 0 Å². The van der Waals surface area contributed by atoms with Gasteiger partial charge in [-0.25, -0.2) is 4.79 Å². The Bertz CT molecular complexity index is 695. The quantitative estimate of drug-likeness (QED) is 0.284. The number of aliphatic hydroxyl groups excluding tert-OH is 1. The average molecular weight is 548 g/mol. The maximum absolute atomic E-state index is 13.8. The van der Waals surface area contributed by atoms with Crippen molar-refractivity contribution < 1.29 is 51.3 Å². The molecule has 2 N–H and O–H groups in total. The topological polar surface area (TPSA) is 148 Å². The third kappa shape index (κ3) is 9.36. The summed E-state index contributed by atoms with van der Waals surface area (Å²) in [5.74, 6) is 0. The molecule has 1 heterocycles. The molecule has 14 heteroatoms. The summed E-state index contributed by atoms with van der Waals surface area (Å²) in [6.45, 7) is 13.7. The molecule has 0 bridgehead atoms. The molecule has 0 aliphatic carbocycles. The fourth-order valence-corrected chi connectivity index (χ4v) is 9.00. The monoisotopic (exact) mass is 547 g/mol. The summed E-state index contributed by atoms with van der Waals surface area (Å²) in [6, 6.07) is -1.01. The van der Waals surface area contributed by atoms with Crippen molar-refractivity contribution in [3.8, 4) is 0 Å². The van der Waals surface area contributed by atoms with E-state index in [0.717, 1.165) is 0 Å². The molecule has 1 unspecified atom stereocenters. The van der Waals surface area contributed by atoms with Gasteiger partial charge in [-0.3, -0.25) is 9.13 Å². The molecule has 1 aliphatic rings. The highest BCUT2D eigenvalue weighted by molar-refractivity contribution is 7.72. The van der Waals surface area contributed by atoms with Crippen molar-refractivity contribution in [1.29, 1.82) is 0 Å². The van der Waals surface area contributed by atoms with E-state index in [4.69, 9.17) is 32.3 Å². The van der Waals surface area contributed by atoms with Gasteiger partial charge >= 0.3 is 21.3 Å². The van der Waals surface area contributed by atoms with Crippen LogP contribution in [0.15, 0.2) is 0 Å². The third-order valence-electron chi connectivity index (χ3n) is 4.77.